The first-order valence-electron chi connectivity index (χ1n) is 4.50. The molecule has 82 valence electrons. The first-order valence-corrected chi connectivity index (χ1v) is 4.88. The van der Waals surface area contributed by atoms with Crippen LogP contribution in [0.1, 0.15) is 31.1 Å². The van der Waals surface area contributed by atoms with Gasteiger partial charge in [-0.15, -0.1) is 0 Å². The van der Waals surface area contributed by atoms with Crippen molar-refractivity contribution in [1.29, 1.82) is 0 Å². The van der Waals surface area contributed by atoms with Crippen molar-refractivity contribution in [3.63, 3.8) is 0 Å². The lowest BCUT2D eigenvalue weighted by molar-refractivity contribution is 0.0918. The number of halogens is 1. The molecule has 0 spiro atoms. The topological polar surface area (TPSA) is 62.0 Å². The molecule has 0 bridgehead atoms. The third-order valence-electron chi connectivity index (χ3n) is 1.60. The van der Waals surface area contributed by atoms with Gasteiger partial charge in [0.2, 0.25) is 0 Å². The maximum atomic E-state index is 11.6. The number of rotatable bonds is 1. The fraction of sp³-hybridized carbons (Fsp3) is 0.400. The predicted molar refractivity (Wildman–Crippen MR) is 59.3 cm³/mol. The van der Waals surface area contributed by atoms with Crippen LogP contribution in [0.3, 0.4) is 0 Å². The Bertz CT molecular complexity index is 432. The van der Waals surface area contributed by atoms with Gasteiger partial charge >= 0.3 is 0 Å². The minimum absolute atomic E-state index is 0.0254. The van der Waals surface area contributed by atoms with Crippen molar-refractivity contribution < 1.29 is 4.79 Å². The van der Waals surface area contributed by atoms with E-state index in [2.05, 4.69) is 10.3 Å². The number of aromatic amines is 1. The first-order chi connectivity index (χ1) is 6.79. The number of H-pyrrole nitrogens is 1. The monoisotopic (exact) mass is 228 g/mol. The minimum atomic E-state index is -0.443. The number of pyridine rings is 1. The molecule has 0 aliphatic carbocycles. The average Bonchev–Trinajstić information content (AvgIpc) is 2.06. The molecule has 1 aromatic rings. The van der Waals surface area contributed by atoms with Crippen molar-refractivity contribution >= 4 is 17.5 Å². The molecule has 2 N–H and O–H groups in total. The maximum absolute atomic E-state index is 11.6. The molecule has 4 nitrogen and oxygen atoms in total. The van der Waals surface area contributed by atoms with E-state index in [9.17, 15) is 9.59 Å². The molecule has 0 saturated heterocycles. The highest BCUT2D eigenvalue weighted by Crippen LogP contribution is 2.07. The van der Waals surface area contributed by atoms with Crippen LogP contribution < -0.4 is 10.9 Å². The van der Waals surface area contributed by atoms with Crippen molar-refractivity contribution in [2.24, 2.45) is 0 Å². The normalized spacial score (nSPS) is 11.2. The number of carbonyl (C=O) groups is 1. The maximum Gasteiger partial charge on any atom is 0.260 e. The van der Waals surface area contributed by atoms with Crippen LogP contribution in [0, 0.1) is 0 Å². The van der Waals surface area contributed by atoms with Gasteiger partial charge in [-0.1, -0.05) is 11.6 Å². The minimum Gasteiger partial charge on any atom is -0.347 e. The van der Waals surface area contributed by atoms with E-state index in [0.29, 0.717) is 5.02 Å². The summed E-state index contributed by atoms with van der Waals surface area (Å²) in [5.41, 5.74) is -0.801. The van der Waals surface area contributed by atoms with Crippen LogP contribution in [0.4, 0.5) is 0 Å². The molecule has 0 fully saturated rings. The Morgan fingerprint density at radius 3 is 2.60 bits per heavy atom. The van der Waals surface area contributed by atoms with Gasteiger partial charge in [0.1, 0.15) is 5.56 Å². The van der Waals surface area contributed by atoms with Crippen LogP contribution in [0.15, 0.2) is 17.1 Å². The average molecular weight is 229 g/mol. The van der Waals surface area contributed by atoms with Gasteiger partial charge < -0.3 is 10.3 Å². The Kier molecular flexibility index (Phi) is 3.19. The van der Waals surface area contributed by atoms with Crippen LogP contribution >= 0.6 is 11.6 Å². The summed E-state index contributed by atoms with van der Waals surface area (Å²) in [6, 6.07) is 1.35. The summed E-state index contributed by atoms with van der Waals surface area (Å²) < 4.78 is 0. The van der Waals surface area contributed by atoms with E-state index in [-0.39, 0.29) is 11.1 Å². The van der Waals surface area contributed by atoms with Gasteiger partial charge in [-0.2, -0.15) is 0 Å². The van der Waals surface area contributed by atoms with Crippen LogP contribution in [0.2, 0.25) is 5.02 Å². The smallest absolute Gasteiger partial charge is 0.260 e. The number of carbonyl (C=O) groups excluding carboxylic acids is 1. The molecule has 0 radical (unpaired) electrons. The molecule has 0 unspecified atom stereocenters. The van der Waals surface area contributed by atoms with Gasteiger partial charge in [0, 0.05) is 11.7 Å². The molecular weight excluding hydrogens is 216 g/mol. The van der Waals surface area contributed by atoms with Gasteiger partial charge in [-0.25, -0.2) is 0 Å². The van der Waals surface area contributed by atoms with E-state index in [1.807, 2.05) is 20.8 Å². The summed E-state index contributed by atoms with van der Waals surface area (Å²) in [7, 11) is 0. The van der Waals surface area contributed by atoms with Crippen LogP contribution in [-0.4, -0.2) is 16.4 Å². The third-order valence-corrected chi connectivity index (χ3v) is 1.82. The molecule has 1 heterocycles. The largest absolute Gasteiger partial charge is 0.347 e. The van der Waals surface area contributed by atoms with Crippen molar-refractivity contribution in [3.8, 4) is 0 Å². The van der Waals surface area contributed by atoms with Crippen LogP contribution in [0.25, 0.3) is 0 Å². The summed E-state index contributed by atoms with van der Waals surface area (Å²) in [5.74, 6) is -0.425. The van der Waals surface area contributed by atoms with Crippen molar-refractivity contribution in [1.82, 2.24) is 10.3 Å². The molecule has 1 aromatic heterocycles. The van der Waals surface area contributed by atoms with E-state index < -0.39 is 11.5 Å². The third kappa shape index (κ3) is 3.40. The van der Waals surface area contributed by atoms with E-state index in [0.717, 1.165) is 0 Å². The Morgan fingerprint density at radius 2 is 2.07 bits per heavy atom. The molecule has 0 atom stereocenters. The van der Waals surface area contributed by atoms with Gasteiger partial charge in [0.25, 0.3) is 11.5 Å². The summed E-state index contributed by atoms with van der Waals surface area (Å²) in [6.45, 7) is 5.51. The number of amides is 1. The zero-order chi connectivity index (χ0) is 11.6. The van der Waals surface area contributed by atoms with E-state index >= 15 is 0 Å². The SMILES string of the molecule is CC(C)(C)NC(=O)c1cc(Cl)c[nH]c1=O. The summed E-state index contributed by atoms with van der Waals surface area (Å²) in [6.07, 6.45) is 1.34. The lowest BCUT2D eigenvalue weighted by Gasteiger charge is -2.20. The second-order valence-corrected chi connectivity index (χ2v) is 4.70. The van der Waals surface area contributed by atoms with E-state index in [1.165, 1.54) is 12.3 Å². The summed E-state index contributed by atoms with van der Waals surface area (Å²) >= 11 is 5.68. The standard InChI is InChI=1S/C10H13ClN2O2/c1-10(2,3)13-9(15)7-4-6(11)5-12-8(7)14/h4-5H,1-3H3,(H,12,14)(H,13,15). The van der Waals surface area contributed by atoms with Crippen LogP contribution in [0.5, 0.6) is 0 Å². The summed E-state index contributed by atoms with van der Waals surface area (Å²) in [5, 5.41) is 3.01. The quantitative estimate of drug-likeness (QED) is 0.766. The van der Waals surface area contributed by atoms with Gasteiger partial charge in [0.05, 0.1) is 5.02 Å². The number of nitrogens with one attached hydrogen (secondary N) is 2. The molecule has 0 aromatic carbocycles. The van der Waals surface area contributed by atoms with E-state index in [1.54, 1.807) is 0 Å². The molecule has 1 amide bonds. The van der Waals surface area contributed by atoms with Crippen molar-refractivity contribution in [2.75, 3.05) is 0 Å². The Labute approximate surface area is 92.7 Å². The zero-order valence-corrected chi connectivity index (χ0v) is 9.61. The number of hydrogen-bond donors (Lipinski definition) is 2. The molecule has 0 aliphatic heterocycles. The van der Waals surface area contributed by atoms with Crippen molar-refractivity contribution in [2.45, 2.75) is 26.3 Å². The Morgan fingerprint density at radius 1 is 1.47 bits per heavy atom. The highest BCUT2D eigenvalue weighted by atomic mass is 35.5. The number of hydrogen-bond acceptors (Lipinski definition) is 2. The van der Waals surface area contributed by atoms with Gasteiger partial charge in [0.15, 0.2) is 0 Å². The zero-order valence-electron chi connectivity index (χ0n) is 8.85. The first kappa shape index (κ1) is 11.8. The summed E-state index contributed by atoms with van der Waals surface area (Å²) in [4.78, 5) is 25.4. The van der Waals surface area contributed by atoms with E-state index in [4.69, 9.17) is 11.6 Å². The second kappa shape index (κ2) is 4.06. The highest BCUT2D eigenvalue weighted by molar-refractivity contribution is 6.30. The lowest BCUT2D eigenvalue weighted by Crippen LogP contribution is -2.42. The molecule has 5 heteroatoms. The molecular formula is C10H13ClN2O2. The Balaban J connectivity index is 3.02. The fourth-order valence-electron chi connectivity index (χ4n) is 1.03. The molecule has 0 saturated carbocycles. The van der Waals surface area contributed by atoms with Gasteiger partial charge in [-0.3, -0.25) is 9.59 Å². The van der Waals surface area contributed by atoms with Crippen LogP contribution in [-0.2, 0) is 0 Å². The lowest BCUT2D eigenvalue weighted by atomic mass is 10.1. The van der Waals surface area contributed by atoms with Gasteiger partial charge in [-0.05, 0) is 26.8 Å². The molecule has 15 heavy (non-hydrogen) atoms. The number of aromatic nitrogens is 1. The Hall–Kier alpha value is -1.29. The molecule has 1 rings (SSSR count). The second-order valence-electron chi connectivity index (χ2n) is 4.26. The highest BCUT2D eigenvalue weighted by Gasteiger charge is 2.17. The fourth-order valence-corrected chi connectivity index (χ4v) is 1.20. The van der Waals surface area contributed by atoms with Crippen molar-refractivity contribution in [3.05, 3.63) is 33.2 Å². The molecule has 0 aliphatic rings. The predicted octanol–water partition coefficient (Wildman–Crippen LogP) is 1.56.